The smallest absolute Gasteiger partial charge is 0.220 e. The van der Waals surface area contributed by atoms with Crippen molar-refractivity contribution in [2.75, 3.05) is 13.1 Å². The van der Waals surface area contributed by atoms with Crippen LogP contribution in [0, 0.1) is 11.7 Å². The Morgan fingerprint density at radius 2 is 2.22 bits per heavy atom. The maximum Gasteiger partial charge on any atom is 0.220 e. The molecule has 2 unspecified atom stereocenters. The molecule has 1 fully saturated rings. The van der Waals surface area contributed by atoms with Gasteiger partial charge in [0, 0.05) is 6.42 Å². The van der Waals surface area contributed by atoms with E-state index >= 15 is 0 Å². The summed E-state index contributed by atoms with van der Waals surface area (Å²) in [6, 6.07) is 6.17. The standard InChI is InChI=1S/C14H19FN2O/c1-10(12-2-4-13(15)5-3-12)17-14(18)8-11-6-7-16-9-11/h2-5,10-11,16H,6-9H2,1H3,(H,17,18). The quantitative estimate of drug-likeness (QED) is 0.858. The Bertz CT molecular complexity index is 399. The second-order valence-electron chi connectivity index (χ2n) is 4.90. The van der Waals surface area contributed by atoms with E-state index in [1.54, 1.807) is 12.1 Å². The van der Waals surface area contributed by atoms with E-state index in [2.05, 4.69) is 10.6 Å². The average molecular weight is 250 g/mol. The van der Waals surface area contributed by atoms with Crippen LogP contribution in [-0.4, -0.2) is 19.0 Å². The predicted octanol–water partition coefficient (Wildman–Crippen LogP) is 2.00. The van der Waals surface area contributed by atoms with Crippen LogP contribution in [-0.2, 0) is 4.79 Å². The van der Waals surface area contributed by atoms with Crippen LogP contribution in [0.2, 0.25) is 0 Å². The molecule has 2 rings (SSSR count). The van der Waals surface area contributed by atoms with Crippen LogP contribution in [0.5, 0.6) is 0 Å². The molecule has 1 saturated heterocycles. The van der Waals surface area contributed by atoms with E-state index in [-0.39, 0.29) is 17.8 Å². The van der Waals surface area contributed by atoms with Gasteiger partial charge in [0.1, 0.15) is 5.82 Å². The summed E-state index contributed by atoms with van der Waals surface area (Å²) in [6.07, 6.45) is 1.64. The molecule has 0 radical (unpaired) electrons. The first kappa shape index (κ1) is 13.0. The number of hydrogen-bond donors (Lipinski definition) is 2. The molecular weight excluding hydrogens is 231 g/mol. The Balaban J connectivity index is 1.84. The normalized spacial score (nSPS) is 20.7. The summed E-state index contributed by atoms with van der Waals surface area (Å²) in [6.45, 7) is 3.85. The monoisotopic (exact) mass is 250 g/mol. The molecule has 98 valence electrons. The highest BCUT2D eigenvalue weighted by Gasteiger charge is 2.19. The number of amides is 1. The Hall–Kier alpha value is -1.42. The molecule has 1 heterocycles. The fourth-order valence-corrected chi connectivity index (χ4v) is 2.29. The number of benzene rings is 1. The lowest BCUT2D eigenvalue weighted by atomic mass is 10.0. The lowest BCUT2D eigenvalue weighted by Gasteiger charge is -2.16. The zero-order valence-corrected chi connectivity index (χ0v) is 10.6. The lowest BCUT2D eigenvalue weighted by molar-refractivity contribution is -0.122. The van der Waals surface area contributed by atoms with Gasteiger partial charge < -0.3 is 10.6 Å². The van der Waals surface area contributed by atoms with Crippen LogP contribution in [0.3, 0.4) is 0 Å². The minimum absolute atomic E-state index is 0.0699. The summed E-state index contributed by atoms with van der Waals surface area (Å²) < 4.78 is 12.8. The van der Waals surface area contributed by atoms with E-state index < -0.39 is 0 Å². The van der Waals surface area contributed by atoms with Crippen molar-refractivity contribution >= 4 is 5.91 Å². The largest absolute Gasteiger partial charge is 0.350 e. The minimum atomic E-state index is -0.255. The van der Waals surface area contributed by atoms with E-state index in [1.807, 2.05) is 6.92 Å². The van der Waals surface area contributed by atoms with Crippen molar-refractivity contribution < 1.29 is 9.18 Å². The Morgan fingerprint density at radius 3 is 2.83 bits per heavy atom. The highest BCUT2D eigenvalue weighted by Crippen LogP contribution is 2.15. The molecule has 0 spiro atoms. The third kappa shape index (κ3) is 3.53. The second kappa shape index (κ2) is 5.96. The van der Waals surface area contributed by atoms with Crippen LogP contribution in [0.1, 0.15) is 31.4 Å². The number of nitrogens with one attached hydrogen (secondary N) is 2. The van der Waals surface area contributed by atoms with Gasteiger partial charge >= 0.3 is 0 Å². The van der Waals surface area contributed by atoms with Gasteiger partial charge in [0.2, 0.25) is 5.91 Å². The fourth-order valence-electron chi connectivity index (χ4n) is 2.29. The van der Waals surface area contributed by atoms with Crippen LogP contribution < -0.4 is 10.6 Å². The first-order valence-electron chi connectivity index (χ1n) is 6.40. The molecule has 0 aromatic heterocycles. The molecule has 0 saturated carbocycles. The van der Waals surface area contributed by atoms with Gasteiger partial charge in [-0.05, 0) is 50.0 Å². The summed E-state index contributed by atoms with van der Waals surface area (Å²) in [5.74, 6) is 0.264. The van der Waals surface area contributed by atoms with Crippen LogP contribution >= 0.6 is 0 Å². The number of hydrogen-bond acceptors (Lipinski definition) is 2. The van der Waals surface area contributed by atoms with E-state index in [9.17, 15) is 9.18 Å². The highest BCUT2D eigenvalue weighted by molar-refractivity contribution is 5.76. The maximum absolute atomic E-state index is 12.8. The van der Waals surface area contributed by atoms with Crippen molar-refractivity contribution in [3.8, 4) is 0 Å². The van der Waals surface area contributed by atoms with Crippen LogP contribution in [0.25, 0.3) is 0 Å². The first-order chi connectivity index (χ1) is 8.65. The first-order valence-corrected chi connectivity index (χ1v) is 6.40. The fraction of sp³-hybridized carbons (Fsp3) is 0.500. The van der Waals surface area contributed by atoms with Gasteiger partial charge in [-0.2, -0.15) is 0 Å². The summed E-state index contributed by atoms with van der Waals surface area (Å²) in [4.78, 5) is 11.8. The zero-order chi connectivity index (χ0) is 13.0. The molecule has 1 aliphatic heterocycles. The van der Waals surface area contributed by atoms with Gasteiger partial charge in [0.05, 0.1) is 6.04 Å². The van der Waals surface area contributed by atoms with Gasteiger partial charge in [0.25, 0.3) is 0 Å². The summed E-state index contributed by atoms with van der Waals surface area (Å²) >= 11 is 0. The zero-order valence-electron chi connectivity index (χ0n) is 10.6. The van der Waals surface area contributed by atoms with E-state index in [4.69, 9.17) is 0 Å². The molecule has 1 amide bonds. The molecule has 1 aromatic carbocycles. The van der Waals surface area contributed by atoms with Crippen molar-refractivity contribution in [3.05, 3.63) is 35.6 Å². The molecule has 0 aliphatic carbocycles. The third-order valence-electron chi connectivity index (χ3n) is 3.38. The maximum atomic E-state index is 12.8. The van der Waals surface area contributed by atoms with E-state index in [1.165, 1.54) is 12.1 Å². The summed E-state index contributed by atoms with van der Waals surface area (Å²) in [7, 11) is 0. The Kier molecular flexibility index (Phi) is 4.31. The molecule has 1 aromatic rings. The van der Waals surface area contributed by atoms with Gasteiger partial charge in [-0.1, -0.05) is 12.1 Å². The number of carbonyl (C=O) groups excluding carboxylic acids is 1. The lowest BCUT2D eigenvalue weighted by Crippen LogP contribution is -2.28. The molecule has 0 bridgehead atoms. The Labute approximate surface area is 107 Å². The number of halogens is 1. The van der Waals surface area contributed by atoms with Crippen molar-refractivity contribution in [1.29, 1.82) is 0 Å². The van der Waals surface area contributed by atoms with Crippen molar-refractivity contribution in [1.82, 2.24) is 10.6 Å². The van der Waals surface area contributed by atoms with Crippen molar-refractivity contribution in [2.45, 2.75) is 25.8 Å². The minimum Gasteiger partial charge on any atom is -0.350 e. The van der Waals surface area contributed by atoms with Gasteiger partial charge in [0.15, 0.2) is 0 Å². The molecule has 18 heavy (non-hydrogen) atoms. The number of carbonyl (C=O) groups is 1. The van der Waals surface area contributed by atoms with Gasteiger partial charge in [-0.3, -0.25) is 4.79 Å². The van der Waals surface area contributed by atoms with Crippen LogP contribution in [0.4, 0.5) is 4.39 Å². The highest BCUT2D eigenvalue weighted by atomic mass is 19.1. The van der Waals surface area contributed by atoms with Gasteiger partial charge in [-0.15, -0.1) is 0 Å². The molecule has 2 N–H and O–H groups in total. The Morgan fingerprint density at radius 1 is 1.50 bits per heavy atom. The molecular formula is C14H19FN2O. The molecule has 4 heteroatoms. The topological polar surface area (TPSA) is 41.1 Å². The third-order valence-corrected chi connectivity index (χ3v) is 3.38. The average Bonchev–Trinajstić information content (AvgIpc) is 2.82. The molecule has 1 aliphatic rings. The summed E-state index contributed by atoms with van der Waals surface area (Å²) in [5.41, 5.74) is 0.925. The van der Waals surface area contributed by atoms with Crippen molar-refractivity contribution in [2.24, 2.45) is 5.92 Å². The van der Waals surface area contributed by atoms with Crippen LogP contribution in [0.15, 0.2) is 24.3 Å². The van der Waals surface area contributed by atoms with E-state index in [0.717, 1.165) is 25.1 Å². The van der Waals surface area contributed by atoms with E-state index in [0.29, 0.717) is 12.3 Å². The van der Waals surface area contributed by atoms with Crippen molar-refractivity contribution in [3.63, 3.8) is 0 Å². The predicted molar refractivity (Wildman–Crippen MR) is 68.6 cm³/mol. The number of rotatable bonds is 4. The summed E-state index contributed by atoms with van der Waals surface area (Å²) in [5, 5.41) is 6.20. The molecule has 3 nitrogen and oxygen atoms in total. The second-order valence-corrected chi connectivity index (χ2v) is 4.90. The van der Waals surface area contributed by atoms with Gasteiger partial charge in [-0.25, -0.2) is 4.39 Å². The SMILES string of the molecule is CC(NC(=O)CC1CCNC1)c1ccc(F)cc1. The molecule has 2 atom stereocenters.